The highest BCUT2D eigenvalue weighted by Crippen LogP contribution is 2.14. The summed E-state index contributed by atoms with van der Waals surface area (Å²) in [6.45, 7) is 3.49. The molecule has 0 saturated heterocycles. The van der Waals surface area contributed by atoms with Gasteiger partial charge in [0.25, 0.3) is 0 Å². The second kappa shape index (κ2) is 8.04. The molecule has 7 heteroatoms. The van der Waals surface area contributed by atoms with E-state index in [1.807, 2.05) is 24.3 Å². The highest BCUT2D eigenvalue weighted by atomic mass is 16.5. The molecule has 2 rings (SSSR count). The molecule has 1 heterocycles. The number of anilines is 2. The lowest BCUT2D eigenvalue weighted by Gasteiger charge is -2.12. The van der Waals surface area contributed by atoms with Crippen molar-refractivity contribution in [1.82, 2.24) is 10.5 Å². The average Bonchev–Trinajstić information content (AvgIpc) is 2.91. The first-order chi connectivity index (χ1) is 10.7. The van der Waals surface area contributed by atoms with Crippen LogP contribution in [0.2, 0.25) is 0 Å². The van der Waals surface area contributed by atoms with Gasteiger partial charge in [-0.2, -0.15) is 0 Å². The van der Waals surface area contributed by atoms with Crippen molar-refractivity contribution in [1.29, 1.82) is 0 Å². The fourth-order valence-corrected chi connectivity index (χ4v) is 1.90. The highest BCUT2D eigenvalue weighted by Gasteiger charge is 2.07. The summed E-state index contributed by atoms with van der Waals surface area (Å²) in [5, 5.41) is 12.4. The van der Waals surface area contributed by atoms with Gasteiger partial charge in [0.2, 0.25) is 0 Å². The van der Waals surface area contributed by atoms with Crippen molar-refractivity contribution in [3.63, 3.8) is 0 Å². The molecule has 7 nitrogen and oxygen atoms in total. The average molecular weight is 304 g/mol. The van der Waals surface area contributed by atoms with Crippen molar-refractivity contribution in [2.24, 2.45) is 0 Å². The van der Waals surface area contributed by atoms with Crippen LogP contribution < -0.4 is 16.0 Å². The number of amides is 2. The number of carbonyl (C=O) groups is 1. The molecule has 0 aliphatic rings. The maximum absolute atomic E-state index is 11.8. The molecule has 1 aromatic heterocycles. The minimum atomic E-state index is -0.333. The van der Waals surface area contributed by atoms with Crippen LogP contribution in [0.15, 0.2) is 34.9 Å². The van der Waals surface area contributed by atoms with Crippen LogP contribution in [0.5, 0.6) is 0 Å². The minimum Gasteiger partial charge on any atom is -0.383 e. The van der Waals surface area contributed by atoms with Crippen molar-refractivity contribution < 1.29 is 14.1 Å². The second-order valence-electron chi connectivity index (χ2n) is 4.71. The van der Waals surface area contributed by atoms with E-state index in [2.05, 4.69) is 21.1 Å². The summed E-state index contributed by atoms with van der Waals surface area (Å²) in [7, 11) is 1.66. The van der Waals surface area contributed by atoms with Gasteiger partial charge in [0.15, 0.2) is 5.82 Å². The Morgan fingerprint density at radius 3 is 2.91 bits per heavy atom. The van der Waals surface area contributed by atoms with Crippen LogP contribution in [0, 0.1) is 6.92 Å². The summed E-state index contributed by atoms with van der Waals surface area (Å²) in [6, 6.07) is 9.11. The van der Waals surface area contributed by atoms with E-state index in [1.54, 1.807) is 20.1 Å². The molecule has 22 heavy (non-hydrogen) atoms. The Morgan fingerprint density at radius 2 is 2.18 bits per heavy atom. The zero-order valence-electron chi connectivity index (χ0n) is 12.7. The molecule has 0 aliphatic heterocycles. The molecule has 3 N–H and O–H groups in total. The third-order valence-corrected chi connectivity index (χ3v) is 2.95. The third kappa shape index (κ3) is 4.78. The quantitative estimate of drug-likeness (QED) is 0.683. The van der Waals surface area contributed by atoms with Crippen LogP contribution in [-0.4, -0.2) is 31.4 Å². The van der Waals surface area contributed by atoms with Gasteiger partial charge in [0, 0.05) is 32.0 Å². The number of aryl methyl sites for hydroxylation is 1. The molecule has 0 unspecified atom stereocenters. The number of methoxy groups -OCH3 is 1. The molecule has 2 aromatic rings. The minimum absolute atomic E-state index is 0.333. The lowest BCUT2D eigenvalue weighted by atomic mass is 10.2. The molecule has 0 saturated carbocycles. The van der Waals surface area contributed by atoms with Crippen molar-refractivity contribution >= 4 is 17.5 Å². The van der Waals surface area contributed by atoms with Gasteiger partial charge in [0.1, 0.15) is 5.76 Å². The Balaban J connectivity index is 1.86. The van der Waals surface area contributed by atoms with E-state index in [0.717, 1.165) is 11.3 Å². The molecule has 0 atom stereocenters. The number of nitrogens with one attached hydrogen (secondary N) is 3. The summed E-state index contributed by atoms with van der Waals surface area (Å²) < 4.78 is 9.90. The normalized spacial score (nSPS) is 10.3. The van der Waals surface area contributed by atoms with Crippen LogP contribution in [-0.2, 0) is 11.3 Å². The molecular formula is C15H20N4O3. The number of nitrogens with zero attached hydrogens (tertiary/aromatic N) is 1. The molecule has 0 aliphatic carbocycles. The van der Waals surface area contributed by atoms with Crippen molar-refractivity contribution in [2.75, 3.05) is 30.9 Å². The standard InChI is InChI=1S/C15H20N4O3/c1-11-9-14(19-22-11)18-15(20)17-10-12-5-3-4-6-13(12)16-7-8-21-2/h3-6,9,16H,7-8,10H2,1-2H3,(H2,17,18,19,20). The molecule has 0 bridgehead atoms. The number of urea groups is 1. The van der Waals surface area contributed by atoms with Crippen molar-refractivity contribution in [3.8, 4) is 0 Å². The first-order valence-corrected chi connectivity index (χ1v) is 6.98. The van der Waals surface area contributed by atoms with E-state index in [4.69, 9.17) is 9.26 Å². The number of para-hydroxylation sites is 1. The molecule has 0 fully saturated rings. The van der Waals surface area contributed by atoms with E-state index in [9.17, 15) is 4.79 Å². The summed E-state index contributed by atoms with van der Waals surface area (Å²) >= 11 is 0. The third-order valence-electron chi connectivity index (χ3n) is 2.95. The summed E-state index contributed by atoms with van der Waals surface area (Å²) in [4.78, 5) is 11.8. The maximum Gasteiger partial charge on any atom is 0.320 e. The van der Waals surface area contributed by atoms with E-state index in [0.29, 0.717) is 31.3 Å². The fourth-order valence-electron chi connectivity index (χ4n) is 1.90. The zero-order chi connectivity index (χ0) is 15.8. The zero-order valence-corrected chi connectivity index (χ0v) is 12.7. The summed E-state index contributed by atoms with van der Waals surface area (Å²) in [6.07, 6.45) is 0. The Hall–Kier alpha value is -2.54. The number of hydrogen-bond acceptors (Lipinski definition) is 5. The van der Waals surface area contributed by atoms with E-state index in [-0.39, 0.29) is 6.03 Å². The molecule has 0 radical (unpaired) electrons. The number of benzene rings is 1. The van der Waals surface area contributed by atoms with Gasteiger partial charge in [-0.25, -0.2) is 4.79 Å². The summed E-state index contributed by atoms with van der Waals surface area (Å²) in [5.74, 6) is 1.03. The van der Waals surface area contributed by atoms with Crippen LogP contribution in [0.25, 0.3) is 0 Å². The predicted molar refractivity (Wildman–Crippen MR) is 83.9 cm³/mol. The fraction of sp³-hybridized carbons (Fsp3) is 0.333. The SMILES string of the molecule is COCCNc1ccccc1CNC(=O)Nc1cc(C)on1. The number of aromatic nitrogens is 1. The number of ether oxygens (including phenoxy) is 1. The smallest absolute Gasteiger partial charge is 0.320 e. The molecule has 1 aromatic carbocycles. The molecule has 0 spiro atoms. The first-order valence-electron chi connectivity index (χ1n) is 6.98. The summed E-state index contributed by atoms with van der Waals surface area (Å²) in [5.41, 5.74) is 1.96. The van der Waals surface area contributed by atoms with Crippen LogP contribution in [0.4, 0.5) is 16.3 Å². The Bertz CT molecular complexity index is 612. The molecular weight excluding hydrogens is 284 g/mol. The predicted octanol–water partition coefficient (Wildman–Crippen LogP) is 2.36. The van der Waals surface area contributed by atoms with E-state index >= 15 is 0 Å². The molecule has 2 amide bonds. The van der Waals surface area contributed by atoms with Crippen LogP contribution >= 0.6 is 0 Å². The topological polar surface area (TPSA) is 88.4 Å². The van der Waals surface area contributed by atoms with E-state index < -0.39 is 0 Å². The Labute approximate surface area is 129 Å². The number of carbonyl (C=O) groups excluding carboxylic acids is 1. The maximum atomic E-state index is 11.8. The van der Waals surface area contributed by atoms with Crippen molar-refractivity contribution in [3.05, 3.63) is 41.7 Å². The highest BCUT2D eigenvalue weighted by molar-refractivity contribution is 5.88. The lowest BCUT2D eigenvalue weighted by molar-refractivity contribution is 0.210. The van der Waals surface area contributed by atoms with Gasteiger partial charge in [-0.15, -0.1) is 0 Å². The van der Waals surface area contributed by atoms with Gasteiger partial charge in [-0.1, -0.05) is 23.4 Å². The Morgan fingerprint density at radius 1 is 1.36 bits per heavy atom. The lowest BCUT2D eigenvalue weighted by Crippen LogP contribution is -2.28. The first kappa shape index (κ1) is 15.8. The van der Waals surface area contributed by atoms with Crippen molar-refractivity contribution in [2.45, 2.75) is 13.5 Å². The monoisotopic (exact) mass is 304 g/mol. The van der Waals surface area contributed by atoms with Gasteiger partial charge in [-0.3, -0.25) is 5.32 Å². The van der Waals surface area contributed by atoms with Gasteiger partial charge in [-0.05, 0) is 18.6 Å². The number of rotatable bonds is 7. The largest absolute Gasteiger partial charge is 0.383 e. The van der Waals surface area contributed by atoms with Crippen LogP contribution in [0.1, 0.15) is 11.3 Å². The van der Waals surface area contributed by atoms with Gasteiger partial charge >= 0.3 is 6.03 Å². The van der Waals surface area contributed by atoms with Crippen LogP contribution in [0.3, 0.4) is 0 Å². The second-order valence-corrected chi connectivity index (χ2v) is 4.71. The van der Waals surface area contributed by atoms with E-state index in [1.165, 1.54) is 0 Å². The van der Waals surface area contributed by atoms with Gasteiger partial charge in [0.05, 0.1) is 6.61 Å². The Kier molecular flexibility index (Phi) is 5.79. The van der Waals surface area contributed by atoms with Gasteiger partial charge < -0.3 is 19.9 Å². The number of hydrogen-bond donors (Lipinski definition) is 3. The molecule has 118 valence electrons.